The third-order valence-electron chi connectivity index (χ3n) is 5.76. The van der Waals surface area contributed by atoms with E-state index in [0.29, 0.717) is 5.41 Å². The van der Waals surface area contributed by atoms with Crippen molar-refractivity contribution in [3.05, 3.63) is 15.6 Å². The fraction of sp³-hybridized carbons (Fsp3) is 0.812. The van der Waals surface area contributed by atoms with Gasteiger partial charge >= 0.3 is 0 Å². The van der Waals surface area contributed by atoms with Crippen LogP contribution in [0.4, 0.5) is 0 Å². The average Bonchev–Trinajstić information content (AvgIpc) is 2.70. The van der Waals surface area contributed by atoms with Gasteiger partial charge in [-0.1, -0.05) is 0 Å². The molecule has 0 atom stereocenters. The van der Waals surface area contributed by atoms with Gasteiger partial charge in [0.25, 0.3) is 0 Å². The van der Waals surface area contributed by atoms with Crippen molar-refractivity contribution in [1.29, 1.82) is 0 Å². The third-order valence-corrected chi connectivity index (χ3v) is 7.22. The van der Waals surface area contributed by atoms with Crippen LogP contribution < -0.4 is 5.73 Å². The molecule has 19 heavy (non-hydrogen) atoms. The van der Waals surface area contributed by atoms with Crippen molar-refractivity contribution in [2.24, 2.45) is 23.5 Å². The first-order valence-electron chi connectivity index (χ1n) is 7.85. The van der Waals surface area contributed by atoms with Crippen molar-refractivity contribution in [1.82, 2.24) is 4.98 Å². The fourth-order valence-electron chi connectivity index (χ4n) is 5.39. The van der Waals surface area contributed by atoms with E-state index in [2.05, 4.69) is 6.92 Å². The van der Waals surface area contributed by atoms with Gasteiger partial charge in [0, 0.05) is 10.3 Å². The lowest BCUT2D eigenvalue weighted by atomic mass is 9.50. The highest BCUT2D eigenvalue weighted by atomic mass is 32.1. The lowest BCUT2D eigenvalue weighted by molar-refractivity contribution is -0.00531. The van der Waals surface area contributed by atoms with E-state index in [-0.39, 0.29) is 0 Å². The summed E-state index contributed by atoms with van der Waals surface area (Å²) in [5.41, 5.74) is 7.44. The van der Waals surface area contributed by atoms with E-state index in [9.17, 15) is 0 Å². The van der Waals surface area contributed by atoms with Gasteiger partial charge in [-0.05, 0) is 76.2 Å². The first-order chi connectivity index (χ1) is 9.18. The molecule has 4 aliphatic carbocycles. The quantitative estimate of drug-likeness (QED) is 0.918. The van der Waals surface area contributed by atoms with Crippen LogP contribution >= 0.6 is 11.3 Å². The standard InChI is InChI=1S/C16H24N2S/c1-10-14(2-3-17)19-15(18-10)16-7-11-4-12(8-16)6-13(5-11)9-16/h11-13H,2-9,17H2,1H3. The number of aryl methyl sites for hydroxylation is 1. The highest BCUT2D eigenvalue weighted by Gasteiger charge is 2.53. The molecule has 0 amide bonds. The molecule has 4 saturated carbocycles. The van der Waals surface area contributed by atoms with Gasteiger partial charge in [0.05, 0.1) is 10.7 Å². The molecule has 0 saturated heterocycles. The molecule has 0 aliphatic heterocycles. The largest absolute Gasteiger partial charge is 0.330 e. The predicted octanol–water partition coefficient (Wildman–Crippen LogP) is 3.42. The zero-order valence-corrected chi connectivity index (χ0v) is 12.6. The molecule has 4 aliphatic rings. The van der Waals surface area contributed by atoms with E-state index in [0.717, 1.165) is 30.7 Å². The maximum absolute atomic E-state index is 5.72. The van der Waals surface area contributed by atoms with Crippen molar-refractivity contribution >= 4 is 11.3 Å². The van der Waals surface area contributed by atoms with Crippen LogP contribution in [-0.2, 0) is 11.8 Å². The highest BCUT2D eigenvalue weighted by molar-refractivity contribution is 7.11. The lowest BCUT2D eigenvalue weighted by Gasteiger charge is -2.56. The van der Waals surface area contributed by atoms with Crippen LogP contribution in [0.5, 0.6) is 0 Å². The van der Waals surface area contributed by atoms with E-state index >= 15 is 0 Å². The van der Waals surface area contributed by atoms with Crippen LogP contribution in [0.1, 0.15) is 54.1 Å². The summed E-state index contributed by atoms with van der Waals surface area (Å²) in [5.74, 6) is 3.02. The Labute approximate surface area is 119 Å². The van der Waals surface area contributed by atoms with Gasteiger partial charge in [-0.2, -0.15) is 0 Å². The number of nitrogens with zero attached hydrogens (tertiary/aromatic N) is 1. The number of nitrogens with two attached hydrogens (primary N) is 1. The highest BCUT2D eigenvalue weighted by Crippen LogP contribution is 2.61. The Morgan fingerprint density at radius 1 is 1.16 bits per heavy atom. The van der Waals surface area contributed by atoms with Crippen LogP contribution in [-0.4, -0.2) is 11.5 Å². The monoisotopic (exact) mass is 276 g/mol. The summed E-state index contributed by atoms with van der Waals surface area (Å²) in [7, 11) is 0. The van der Waals surface area contributed by atoms with E-state index in [4.69, 9.17) is 10.7 Å². The molecular weight excluding hydrogens is 252 g/mol. The number of hydrogen-bond donors (Lipinski definition) is 1. The maximum Gasteiger partial charge on any atom is 0.0993 e. The van der Waals surface area contributed by atoms with Crippen molar-refractivity contribution in [3.8, 4) is 0 Å². The first kappa shape index (κ1) is 12.3. The van der Waals surface area contributed by atoms with Gasteiger partial charge in [0.1, 0.15) is 0 Å². The Balaban J connectivity index is 1.69. The van der Waals surface area contributed by atoms with Crippen LogP contribution in [0.3, 0.4) is 0 Å². The van der Waals surface area contributed by atoms with Crippen molar-refractivity contribution in [3.63, 3.8) is 0 Å². The average molecular weight is 276 g/mol. The number of hydrogen-bond acceptors (Lipinski definition) is 3. The van der Waals surface area contributed by atoms with Gasteiger partial charge in [-0.25, -0.2) is 4.98 Å². The molecule has 0 spiro atoms. The van der Waals surface area contributed by atoms with Gasteiger partial charge in [-0.15, -0.1) is 11.3 Å². The van der Waals surface area contributed by atoms with Crippen LogP contribution in [0, 0.1) is 24.7 Å². The molecule has 0 aromatic carbocycles. The van der Waals surface area contributed by atoms with Crippen molar-refractivity contribution in [2.45, 2.75) is 57.3 Å². The summed E-state index contributed by atoms with van der Waals surface area (Å²) in [4.78, 5) is 6.42. The summed E-state index contributed by atoms with van der Waals surface area (Å²) >= 11 is 1.98. The molecule has 0 unspecified atom stereocenters. The molecule has 4 fully saturated rings. The molecule has 4 bridgehead atoms. The van der Waals surface area contributed by atoms with Crippen molar-refractivity contribution < 1.29 is 0 Å². The minimum Gasteiger partial charge on any atom is -0.330 e. The smallest absolute Gasteiger partial charge is 0.0993 e. The second-order valence-electron chi connectivity index (χ2n) is 7.26. The SMILES string of the molecule is Cc1nc(C23CC4CC(CC(C4)C2)C3)sc1CCN. The minimum atomic E-state index is 0.469. The Hall–Kier alpha value is -0.410. The topological polar surface area (TPSA) is 38.9 Å². The Morgan fingerprint density at radius 3 is 2.26 bits per heavy atom. The molecule has 2 N–H and O–H groups in total. The lowest BCUT2D eigenvalue weighted by Crippen LogP contribution is -2.48. The summed E-state index contributed by atoms with van der Waals surface area (Å²) in [5, 5.41) is 1.47. The van der Waals surface area contributed by atoms with Crippen LogP contribution in [0.25, 0.3) is 0 Å². The normalized spacial score (nSPS) is 40.0. The predicted molar refractivity (Wildman–Crippen MR) is 79.5 cm³/mol. The van der Waals surface area contributed by atoms with E-state index < -0.39 is 0 Å². The van der Waals surface area contributed by atoms with E-state index in [1.807, 2.05) is 11.3 Å². The third kappa shape index (κ3) is 1.89. The van der Waals surface area contributed by atoms with Gasteiger partial charge < -0.3 is 5.73 Å². The first-order valence-corrected chi connectivity index (χ1v) is 8.67. The molecule has 1 aromatic heterocycles. The summed E-state index contributed by atoms with van der Waals surface area (Å²) in [6, 6.07) is 0. The minimum absolute atomic E-state index is 0.469. The Morgan fingerprint density at radius 2 is 1.74 bits per heavy atom. The fourth-order valence-corrected chi connectivity index (χ4v) is 6.69. The molecule has 0 radical (unpaired) electrons. The van der Waals surface area contributed by atoms with Crippen LogP contribution in [0.2, 0.25) is 0 Å². The van der Waals surface area contributed by atoms with Gasteiger partial charge in [0.2, 0.25) is 0 Å². The van der Waals surface area contributed by atoms with E-state index in [1.54, 1.807) is 0 Å². The van der Waals surface area contributed by atoms with Gasteiger partial charge in [0.15, 0.2) is 0 Å². The zero-order valence-electron chi connectivity index (χ0n) is 11.8. The second kappa shape index (κ2) is 4.29. The number of rotatable bonds is 3. The zero-order chi connectivity index (χ0) is 13.0. The molecule has 3 heteroatoms. The van der Waals surface area contributed by atoms with E-state index in [1.165, 1.54) is 54.1 Å². The van der Waals surface area contributed by atoms with Gasteiger partial charge in [-0.3, -0.25) is 0 Å². The summed E-state index contributed by atoms with van der Waals surface area (Å²) in [6.07, 6.45) is 9.82. The molecule has 104 valence electrons. The molecule has 5 rings (SSSR count). The molecule has 1 aromatic rings. The second-order valence-corrected chi connectivity index (χ2v) is 8.35. The van der Waals surface area contributed by atoms with Crippen molar-refractivity contribution in [2.75, 3.05) is 6.54 Å². The Kier molecular flexibility index (Phi) is 2.79. The summed E-state index contributed by atoms with van der Waals surface area (Å²) in [6.45, 7) is 2.93. The molecular formula is C16H24N2S. The number of aromatic nitrogens is 1. The maximum atomic E-state index is 5.72. The molecule has 2 nitrogen and oxygen atoms in total. The molecule has 1 heterocycles. The summed E-state index contributed by atoms with van der Waals surface area (Å²) < 4.78 is 0. The Bertz CT molecular complexity index is 456. The number of thiazole rings is 1. The van der Waals surface area contributed by atoms with Crippen LogP contribution in [0.15, 0.2) is 0 Å².